The van der Waals surface area contributed by atoms with Crippen LogP contribution in [0.1, 0.15) is 25.0 Å². The molecule has 6 heteroatoms. The van der Waals surface area contributed by atoms with Crippen molar-refractivity contribution in [1.29, 1.82) is 0 Å². The maximum Gasteiger partial charge on any atom is 0.270 e. The summed E-state index contributed by atoms with van der Waals surface area (Å²) in [6.45, 7) is 4.15. The minimum Gasteiger partial charge on any atom is -0.850 e. The molecule has 1 aliphatic rings. The fourth-order valence-corrected chi connectivity index (χ4v) is 3.67. The summed E-state index contributed by atoms with van der Waals surface area (Å²) in [7, 11) is 4.00. The second-order valence-corrected chi connectivity index (χ2v) is 7.64. The number of hydrogen-bond acceptors (Lipinski definition) is 4. The third-order valence-corrected chi connectivity index (χ3v) is 5.24. The average molecular weight is 379 g/mol. The van der Waals surface area contributed by atoms with Crippen molar-refractivity contribution in [3.05, 3.63) is 69.8 Å². The van der Waals surface area contributed by atoms with E-state index in [1.54, 1.807) is 12.1 Å². The molecule has 2 aromatic rings. The summed E-state index contributed by atoms with van der Waals surface area (Å²) in [4.78, 5) is 12.9. The van der Waals surface area contributed by atoms with Gasteiger partial charge >= 0.3 is 0 Å². The van der Waals surface area contributed by atoms with Crippen LogP contribution in [0.4, 0.5) is 17.1 Å². The lowest BCUT2D eigenvalue weighted by Crippen LogP contribution is -2.29. The van der Waals surface area contributed by atoms with Gasteiger partial charge in [0.2, 0.25) is 5.69 Å². The molecule has 2 aromatic carbocycles. The van der Waals surface area contributed by atoms with Gasteiger partial charge in [0, 0.05) is 49.6 Å². The Morgan fingerprint density at radius 1 is 1.11 bits per heavy atom. The Labute approximate surface area is 165 Å². The summed E-state index contributed by atoms with van der Waals surface area (Å²) < 4.78 is 1.98. The summed E-state index contributed by atoms with van der Waals surface area (Å²) in [6, 6.07) is 13.1. The Morgan fingerprint density at radius 3 is 2.36 bits per heavy atom. The number of anilines is 1. The van der Waals surface area contributed by atoms with Gasteiger partial charge in [-0.25, -0.2) is 0 Å². The Hall–Kier alpha value is -2.99. The number of allylic oxidation sites excluding steroid dienone is 1. The molecule has 0 spiro atoms. The first kappa shape index (κ1) is 19.8. The molecule has 0 bridgehead atoms. The smallest absolute Gasteiger partial charge is 0.270 e. The van der Waals surface area contributed by atoms with E-state index < -0.39 is 5.41 Å². The Bertz CT molecular complexity index is 957. The number of hydrogen-bond donors (Lipinski definition) is 0. The van der Waals surface area contributed by atoms with Gasteiger partial charge in [0.15, 0.2) is 5.71 Å². The van der Waals surface area contributed by atoms with E-state index in [0.29, 0.717) is 6.54 Å². The van der Waals surface area contributed by atoms with Gasteiger partial charge in [-0.2, -0.15) is 4.58 Å². The molecule has 0 atom stereocenters. The van der Waals surface area contributed by atoms with Gasteiger partial charge in [-0.05, 0) is 37.6 Å². The molecule has 0 radical (unpaired) electrons. The van der Waals surface area contributed by atoms with Gasteiger partial charge < -0.3 is 10.0 Å². The average Bonchev–Trinajstić information content (AvgIpc) is 2.87. The summed E-state index contributed by atoms with van der Waals surface area (Å²) >= 11 is 0. The zero-order valence-corrected chi connectivity index (χ0v) is 16.7. The van der Waals surface area contributed by atoms with Crippen LogP contribution < -0.4 is 10.0 Å². The minimum atomic E-state index is -0.434. The Kier molecular flexibility index (Phi) is 5.34. The predicted octanol–water partition coefficient (Wildman–Crippen LogP) is 3.11. The van der Waals surface area contributed by atoms with E-state index in [2.05, 4.69) is 12.1 Å². The fourth-order valence-electron chi connectivity index (χ4n) is 3.67. The highest BCUT2D eigenvalue weighted by molar-refractivity contribution is 6.05. The lowest BCUT2D eigenvalue weighted by Gasteiger charge is -2.15. The van der Waals surface area contributed by atoms with Crippen molar-refractivity contribution in [2.24, 2.45) is 0 Å². The third kappa shape index (κ3) is 3.55. The number of nitro benzene ring substituents is 1. The van der Waals surface area contributed by atoms with Crippen LogP contribution in [0.15, 0.2) is 48.5 Å². The standard InChI is InChI=1S/C22H25N3O3/c1-22(2)19-15-18(25(27)28)10-11-20(19)24(13-14-26)21(22)12-7-16-5-8-17(9-6-16)23(3)4/h5-12,15H,13-14H2,1-4H3. The SMILES string of the molecule is CN(C)c1ccc(/C=C/C2=[N+](CC[O-])c3ccc([N+](=O)[O-])cc3C2(C)C)cc1. The van der Waals surface area contributed by atoms with E-state index in [0.717, 1.165) is 28.2 Å². The molecule has 1 aliphatic heterocycles. The molecule has 0 saturated heterocycles. The first-order valence-electron chi connectivity index (χ1n) is 9.23. The molecular formula is C22H25N3O3. The highest BCUT2D eigenvalue weighted by atomic mass is 16.6. The van der Waals surface area contributed by atoms with E-state index >= 15 is 0 Å². The van der Waals surface area contributed by atoms with Crippen LogP contribution in [0.25, 0.3) is 6.08 Å². The van der Waals surface area contributed by atoms with Crippen molar-refractivity contribution in [2.75, 3.05) is 32.1 Å². The zero-order chi connectivity index (χ0) is 20.5. The molecule has 0 aliphatic carbocycles. The van der Waals surface area contributed by atoms with Crippen molar-refractivity contribution in [1.82, 2.24) is 0 Å². The highest BCUT2D eigenvalue weighted by Crippen LogP contribution is 2.41. The van der Waals surface area contributed by atoms with Crippen molar-refractivity contribution in [3.8, 4) is 0 Å². The monoisotopic (exact) mass is 379 g/mol. The van der Waals surface area contributed by atoms with E-state index in [-0.39, 0.29) is 17.2 Å². The van der Waals surface area contributed by atoms with Crippen LogP contribution in [0.3, 0.4) is 0 Å². The molecule has 1 heterocycles. The van der Waals surface area contributed by atoms with Crippen LogP contribution in [0.2, 0.25) is 0 Å². The van der Waals surface area contributed by atoms with E-state index in [9.17, 15) is 15.2 Å². The van der Waals surface area contributed by atoms with Crippen LogP contribution in [0.5, 0.6) is 0 Å². The van der Waals surface area contributed by atoms with E-state index in [1.807, 2.05) is 61.7 Å². The molecule has 146 valence electrons. The van der Waals surface area contributed by atoms with Gasteiger partial charge in [0.1, 0.15) is 6.54 Å². The van der Waals surface area contributed by atoms with Crippen molar-refractivity contribution >= 4 is 28.8 Å². The Morgan fingerprint density at radius 2 is 1.79 bits per heavy atom. The van der Waals surface area contributed by atoms with Crippen molar-refractivity contribution < 1.29 is 14.6 Å². The summed E-state index contributed by atoms with van der Waals surface area (Å²) in [5.74, 6) is 0. The number of fused-ring (bicyclic) bond motifs is 1. The Balaban J connectivity index is 2.02. The highest BCUT2D eigenvalue weighted by Gasteiger charge is 2.44. The molecule has 0 unspecified atom stereocenters. The van der Waals surface area contributed by atoms with Gasteiger partial charge in [-0.1, -0.05) is 18.7 Å². The molecule has 6 nitrogen and oxygen atoms in total. The van der Waals surface area contributed by atoms with Gasteiger partial charge in [-0.3, -0.25) is 10.1 Å². The quantitative estimate of drug-likeness (QED) is 0.439. The van der Waals surface area contributed by atoms with E-state index in [1.165, 1.54) is 6.07 Å². The minimum absolute atomic E-state index is 0.0680. The number of benzene rings is 2. The lowest BCUT2D eigenvalue weighted by molar-refractivity contribution is -0.491. The van der Waals surface area contributed by atoms with Crippen molar-refractivity contribution in [3.63, 3.8) is 0 Å². The topological polar surface area (TPSA) is 72.5 Å². The maximum atomic E-state index is 11.4. The van der Waals surface area contributed by atoms with Gasteiger partial charge in [0.05, 0.1) is 10.3 Å². The number of non-ortho nitro benzene ring substituents is 1. The van der Waals surface area contributed by atoms with Gasteiger partial charge in [0.25, 0.3) is 5.69 Å². The lowest BCUT2D eigenvalue weighted by atomic mass is 9.81. The predicted molar refractivity (Wildman–Crippen MR) is 111 cm³/mol. The second kappa shape index (κ2) is 7.56. The van der Waals surface area contributed by atoms with Gasteiger partial charge in [-0.15, -0.1) is 0 Å². The first-order valence-corrected chi connectivity index (χ1v) is 9.23. The maximum absolute atomic E-state index is 11.4. The fraction of sp³-hybridized carbons (Fsp3) is 0.318. The molecule has 0 amide bonds. The third-order valence-electron chi connectivity index (χ3n) is 5.24. The molecule has 0 aromatic heterocycles. The summed E-state index contributed by atoms with van der Waals surface area (Å²) in [5, 5.41) is 22.6. The largest absolute Gasteiger partial charge is 0.850 e. The molecule has 0 fully saturated rings. The molecule has 0 N–H and O–H groups in total. The summed E-state index contributed by atoms with van der Waals surface area (Å²) in [5.41, 5.74) is 4.52. The number of rotatable bonds is 6. The number of nitro groups is 1. The first-order chi connectivity index (χ1) is 13.3. The van der Waals surface area contributed by atoms with Crippen LogP contribution in [-0.2, 0) is 5.41 Å². The molecule has 3 rings (SSSR count). The normalized spacial score (nSPS) is 15.2. The number of nitrogens with zero attached hydrogens (tertiary/aromatic N) is 3. The molecule has 28 heavy (non-hydrogen) atoms. The van der Waals surface area contributed by atoms with Crippen LogP contribution >= 0.6 is 0 Å². The molecular weight excluding hydrogens is 354 g/mol. The van der Waals surface area contributed by atoms with Crippen molar-refractivity contribution in [2.45, 2.75) is 19.3 Å². The van der Waals surface area contributed by atoms with E-state index in [4.69, 9.17) is 0 Å². The summed E-state index contributed by atoms with van der Waals surface area (Å²) in [6.07, 6.45) is 4.04. The zero-order valence-electron chi connectivity index (χ0n) is 16.7. The second-order valence-electron chi connectivity index (χ2n) is 7.64. The molecule has 0 saturated carbocycles. The van der Waals surface area contributed by atoms with Crippen LogP contribution in [-0.4, -0.2) is 42.5 Å². The van der Waals surface area contributed by atoms with Crippen LogP contribution in [0, 0.1) is 10.1 Å².